The van der Waals surface area contributed by atoms with Gasteiger partial charge in [0, 0.05) is 21.4 Å². The van der Waals surface area contributed by atoms with Crippen LogP contribution in [0.25, 0.3) is 44.7 Å². The van der Waals surface area contributed by atoms with Gasteiger partial charge in [0.05, 0.1) is 11.0 Å². The number of nitrogens with zero attached hydrogens (tertiary/aromatic N) is 1. The second kappa shape index (κ2) is 4.96. The maximum atomic E-state index is 5.03. The minimum Gasteiger partial charge on any atom is -0.246 e. The van der Waals surface area contributed by atoms with Gasteiger partial charge in [0.1, 0.15) is 0 Å². The molecular weight excluding hydrogens is 266 g/mol. The molecule has 0 aliphatic carbocycles. The Morgan fingerprint density at radius 1 is 0.727 bits per heavy atom. The van der Waals surface area contributed by atoms with E-state index >= 15 is 0 Å². The van der Waals surface area contributed by atoms with Crippen LogP contribution >= 0.6 is 0 Å². The van der Waals surface area contributed by atoms with Crippen molar-refractivity contribution in [1.82, 2.24) is 4.98 Å². The van der Waals surface area contributed by atoms with E-state index in [4.69, 9.17) is 4.98 Å². The van der Waals surface area contributed by atoms with Gasteiger partial charge < -0.3 is 0 Å². The molecule has 0 unspecified atom stereocenters. The summed E-state index contributed by atoms with van der Waals surface area (Å²) in [5.41, 5.74) is 2.17. The SMILES string of the molecule is C/C=c1/ccc2cc3ccc4ccccc4c3nc2/c1=C/C. The summed E-state index contributed by atoms with van der Waals surface area (Å²) in [6.07, 6.45) is 4.30. The lowest BCUT2D eigenvalue weighted by atomic mass is 10.0. The van der Waals surface area contributed by atoms with Crippen LogP contribution in [0.15, 0.2) is 54.6 Å². The topological polar surface area (TPSA) is 12.9 Å². The molecule has 0 saturated heterocycles. The first-order valence-corrected chi connectivity index (χ1v) is 7.66. The molecule has 0 amide bonds. The van der Waals surface area contributed by atoms with Crippen LogP contribution < -0.4 is 10.4 Å². The number of fused-ring (bicyclic) bond motifs is 4. The van der Waals surface area contributed by atoms with Gasteiger partial charge in [-0.15, -0.1) is 0 Å². The van der Waals surface area contributed by atoms with Crippen LogP contribution in [0.4, 0.5) is 0 Å². The minimum atomic E-state index is 1.09. The number of aromatic nitrogens is 1. The Morgan fingerprint density at radius 3 is 2.27 bits per heavy atom. The quantitative estimate of drug-likeness (QED) is 0.349. The van der Waals surface area contributed by atoms with Gasteiger partial charge in [0.2, 0.25) is 0 Å². The van der Waals surface area contributed by atoms with Crippen molar-refractivity contribution in [3.05, 3.63) is 65.0 Å². The van der Waals surface area contributed by atoms with Gasteiger partial charge in [-0.2, -0.15) is 0 Å². The van der Waals surface area contributed by atoms with Crippen molar-refractivity contribution in [2.75, 3.05) is 0 Å². The Balaban J connectivity index is 2.30. The molecule has 1 nitrogen and oxygen atoms in total. The number of rotatable bonds is 0. The minimum absolute atomic E-state index is 1.09. The summed E-state index contributed by atoms with van der Waals surface area (Å²) < 4.78 is 0. The third-order valence-corrected chi connectivity index (χ3v) is 4.35. The van der Waals surface area contributed by atoms with Crippen LogP contribution in [0, 0.1) is 0 Å². The zero-order valence-corrected chi connectivity index (χ0v) is 12.8. The summed E-state index contributed by atoms with van der Waals surface area (Å²) in [6.45, 7) is 4.15. The monoisotopic (exact) mass is 283 g/mol. The van der Waals surface area contributed by atoms with Crippen LogP contribution in [0.1, 0.15) is 13.8 Å². The normalized spacial score (nSPS) is 13.5. The molecule has 0 radical (unpaired) electrons. The van der Waals surface area contributed by atoms with Crippen molar-refractivity contribution in [3.8, 4) is 0 Å². The van der Waals surface area contributed by atoms with Gasteiger partial charge in [0.15, 0.2) is 0 Å². The lowest BCUT2D eigenvalue weighted by molar-refractivity contribution is 1.45. The predicted molar refractivity (Wildman–Crippen MR) is 96.3 cm³/mol. The third kappa shape index (κ3) is 1.82. The Bertz CT molecular complexity index is 1140. The van der Waals surface area contributed by atoms with Crippen molar-refractivity contribution in [3.63, 3.8) is 0 Å². The highest BCUT2D eigenvalue weighted by atomic mass is 14.7. The smallest absolute Gasteiger partial charge is 0.0788 e. The molecule has 0 N–H and O–H groups in total. The van der Waals surface area contributed by atoms with Gasteiger partial charge in [-0.05, 0) is 30.5 Å². The van der Waals surface area contributed by atoms with E-state index < -0.39 is 0 Å². The average molecular weight is 283 g/mol. The van der Waals surface area contributed by atoms with E-state index in [1.165, 1.54) is 32.0 Å². The first-order chi connectivity index (χ1) is 10.8. The third-order valence-electron chi connectivity index (χ3n) is 4.35. The van der Waals surface area contributed by atoms with Crippen molar-refractivity contribution in [2.24, 2.45) is 0 Å². The molecule has 0 fully saturated rings. The maximum absolute atomic E-state index is 5.03. The first-order valence-electron chi connectivity index (χ1n) is 7.66. The number of benzene rings is 3. The number of hydrogen-bond donors (Lipinski definition) is 0. The standard InChI is InChI=1S/C21H17N/c1-3-14-9-11-16-13-17-12-10-15-7-5-6-8-19(15)21(17)22-20(16)18(14)4-2/h3-13H,1-2H3/b14-3-,18-4+. The van der Waals surface area contributed by atoms with Gasteiger partial charge in [-0.3, -0.25) is 0 Å². The van der Waals surface area contributed by atoms with E-state index in [1.807, 2.05) is 0 Å². The van der Waals surface area contributed by atoms with Crippen LogP contribution in [0.2, 0.25) is 0 Å². The summed E-state index contributed by atoms with van der Waals surface area (Å²) in [5.74, 6) is 0. The lowest BCUT2D eigenvalue weighted by Gasteiger charge is -2.06. The number of hydrogen-bond acceptors (Lipinski definition) is 1. The molecule has 4 rings (SSSR count). The Kier molecular flexibility index (Phi) is 2.93. The zero-order valence-electron chi connectivity index (χ0n) is 12.8. The second-order valence-electron chi connectivity index (χ2n) is 5.56. The molecule has 4 aromatic rings. The lowest BCUT2D eigenvalue weighted by Crippen LogP contribution is -2.25. The van der Waals surface area contributed by atoms with Crippen molar-refractivity contribution >= 4 is 44.7 Å². The zero-order chi connectivity index (χ0) is 15.1. The molecule has 1 heteroatoms. The van der Waals surface area contributed by atoms with E-state index in [0.717, 1.165) is 11.0 Å². The molecule has 0 bridgehead atoms. The fraction of sp³-hybridized carbons (Fsp3) is 0.0952. The Labute approximate surface area is 129 Å². The summed E-state index contributed by atoms with van der Waals surface area (Å²) >= 11 is 0. The van der Waals surface area contributed by atoms with Gasteiger partial charge >= 0.3 is 0 Å². The molecule has 1 heterocycles. The van der Waals surface area contributed by atoms with E-state index in [0.29, 0.717) is 0 Å². The van der Waals surface area contributed by atoms with E-state index in [-0.39, 0.29) is 0 Å². The summed E-state index contributed by atoms with van der Waals surface area (Å²) in [7, 11) is 0. The molecule has 1 aromatic heterocycles. The van der Waals surface area contributed by atoms with Crippen molar-refractivity contribution in [1.29, 1.82) is 0 Å². The molecule has 0 atom stereocenters. The maximum Gasteiger partial charge on any atom is 0.0788 e. The molecule has 3 aromatic carbocycles. The van der Waals surface area contributed by atoms with Gasteiger partial charge in [0.25, 0.3) is 0 Å². The molecule has 0 spiro atoms. The molecule has 106 valence electrons. The van der Waals surface area contributed by atoms with E-state index in [1.54, 1.807) is 0 Å². The average Bonchev–Trinajstić information content (AvgIpc) is 2.58. The summed E-state index contributed by atoms with van der Waals surface area (Å²) in [4.78, 5) is 5.03. The largest absolute Gasteiger partial charge is 0.246 e. The van der Waals surface area contributed by atoms with Crippen LogP contribution in [0.3, 0.4) is 0 Å². The fourth-order valence-corrected chi connectivity index (χ4v) is 3.23. The Morgan fingerprint density at radius 2 is 1.45 bits per heavy atom. The second-order valence-corrected chi connectivity index (χ2v) is 5.56. The van der Waals surface area contributed by atoms with Crippen molar-refractivity contribution in [2.45, 2.75) is 13.8 Å². The Hall–Kier alpha value is -2.67. The number of pyridine rings is 1. The highest BCUT2D eigenvalue weighted by Crippen LogP contribution is 2.25. The highest BCUT2D eigenvalue weighted by molar-refractivity contribution is 6.08. The van der Waals surface area contributed by atoms with Crippen LogP contribution in [-0.4, -0.2) is 4.98 Å². The molecular formula is C21H17N. The molecule has 0 aliphatic rings. The molecule has 22 heavy (non-hydrogen) atoms. The van der Waals surface area contributed by atoms with Crippen LogP contribution in [0.5, 0.6) is 0 Å². The van der Waals surface area contributed by atoms with Crippen LogP contribution in [-0.2, 0) is 0 Å². The van der Waals surface area contributed by atoms with E-state index in [2.05, 4.69) is 80.6 Å². The fourth-order valence-electron chi connectivity index (χ4n) is 3.23. The van der Waals surface area contributed by atoms with Gasteiger partial charge in [-0.25, -0.2) is 4.98 Å². The summed E-state index contributed by atoms with van der Waals surface area (Å²) in [6, 6.07) is 19.4. The molecule has 0 saturated carbocycles. The van der Waals surface area contributed by atoms with E-state index in [9.17, 15) is 0 Å². The molecule has 0 aliphatic heterocycles. The predicted octanol–water partition coefficient (Wildman–Crippen LogP) is 4.14. The van der Waals surface area contributed by atoms with Crippen molar-refractivity contribution < 1.29 is 0 Å². The van der Waals surface area contributed by atoms with Gasteiger partial charge in [-0.1, -0.05) is 60.7 Å². The first kappa shape index (κ1) is 13.0. The summed E-state index contributed by atoms with van der Waals surface area (Å²) in [5, 5.41) is 7.30. The highest BCUT2D eigenvalue weighted by Gasteiger charge is 2.05.